The summed E-state index contributed by atoms with van der Waals surface area (Å²) in [5, 5.41) is 5.42. The van der Waals surface area contributed by atoms with Crippen LogP contribution in [0, 0.1) is 12.8 Å². The third-order valence-electron chi connectivity index (χ3n) is 3.26. The largest absolute Gasteiger partial charge is 0.397 e. The normalized spacial score (nSPS) is 12.0. The molecule has 2 amide bonds. The third-order valence-corrected chi connectivity index (χ3v) is 3.26. The average molecular weight is 292 g/mol. The van der Waals surface area contributed by atoms with E-state index in [1.54, 1.807) is 20.2 Å². The molecule has 0 aliphatic rings. The van der Waals surface area contributed by atoms with E-state index in [0.29, 0.717) is 17.9 Å². The lowest BCUT2D eigenvalue weighted by molar-refractivity contribution is -0.125. The first kappa shape index (κ1) is 17.0. The highest BCUT2D eigenvalue weighted by atomic mass is 16.2. The van der Waals surface area contributed by atoms with Gasteiger partial charge in [0.2, 0.25) is 11.8 Å². The fourth-order valence-electron chi connectivity index (χ4n) is 2.15. The number of nitrogens with zero attached hydrogens (tertiary/aromatic N) is 1. The van der Waals surface area contributed by atoms with Crippen molar-refractivity contribution in [3.05, 3.63) is 23.8 Å². The van der Waals surface area contributed by atoms with Crippen LogP contribution in [-0.2, 0) is 9.59 Å². The highest BCUT2D eigenvalue weighted by Crippen LogP contribution is 2.22. The van der Waals surface area contributed by atoms with Crippen LogP contribution in [0.3, 0.4) is 0 Å². The molecule has 4 N–H and O–H groups in total. The minimum atomic E-state index is -0.170. The summed E-state index contributed by atoms with van der Waals surface area (Å²) in [6.07, 6.45) is 0. The summed E-state index contributed by atoms with van der Waals surface area (Å²) in [5.41, 5.74) is 7.97. The Labute approximate surface area is 125 Å². The smallest absolute Gasteiger partial charge is 0.238 e. The monoisotopic (exact) mass is 292 g/mol. The first-order valence-electron chi connectivity index (χ1n) is 6.90. The lowest BCUT2D eigenvalue weighted by Crippen LogP contribution is -2.38. The van der Waals surface area contributed by atoms with Gasteiger partial charge < -0.3 is 16.4 Å². The molecule has 1 aromatic rings. The first-order valence-corrected chi connectivity index (χ1v) is 6.90. The number of aryl methyl sites for hydroxylation is 1. The van der Waals surface area contributed by atoms with Crippen molar-refractivity contribution in [3.63, 3.8) is 0 Å². The van der Waals surface area contributed by atoms with Gasteiger partial charge in [0.15, 0.2) is 0 Å². The van der Waals surface area contributed by atoms with Crippen LogP contribution in [0.25, 0.3) is 0 Å². The number of carbonyl (C=O) groups is 2. The Balaban J connectivity index is 2.56. The molecule has 1 unspecified atom stereocenters. The molecular weight excluding hydrogens is 268 g/mol. The highest BCUT2D eigenvalue weighted by Gasteiger charge is 2.16. The molecule has 0 heterocycles. The van der Waals surface area contributed by atoms with E-state index >= 15 is 0 Å². The molecule has 1 rings (SSSR count). The quantitative estimate of drug-likeness (QED) is 0.678. The Morgan fingerprint density at radius 1 is 1.38 bits per heavy atom. The molecule has 0 aromatic heterocycles. The van der Waals surface area contributed by atoms with Crippen molar-refractivity contribution in [2.75, 3.05) is 38.2 Å². The summed E-state index contributed by atoms with van der Waals surface area (Å²) in [6.45, 7) is 4.43. The van der Waals surface area contributed by atoms with Crippen molar-refractivity contribution in [3.8, 4) is 0 Å². The molecule has 21 heavy (non-hydrogen) atoms. The van der Waals surface area contributed by atoms with E-state index in [4.69, 9.17) is 5.73 Å². The second-order valence-electron chi connectivity index (χ2n) is 5.30. The number of rotatable bonds is 6. The molecule has 6 heteroatoms. The van der Waals surface area contributed by atoms with Gasteiger partial charge in [0.25, 0.3) is 0 Å². The van der Waals surface area contributed by atoms with Crippen LogP contribution in [0.15, 0.2) is 18.2 Å². The Hall–Kier alpha value is -2.08. The second-order valence-corrected chi connectivity index (χ2v) is 5.30. The topological polar surface area (TPSA) is 87.5 Å². The van der Waals surface area contributed by atoms with Gasteiger partial charge in [-0.1, -0.05) is 19.1 Å². The number of likely N-dealkylation sites (N-methyl/N-ethyl adjacent to an activating group) is 1. The Bertz CT molecular complexity index is 496. The molecule has 6 nitrogen and oxygen atoms in total. The Kier molecular flexibility index (Phi) is 6.17. The van der Waals surface area contributed by atoms with Gasteiger partial charge in [-0.2, -0.15) is 0 Å². The predicted molar refractivity (Wildman–Crippen MR) is 84.9 cm³/mol. The van der Waals surface area contributed by atoms with Crippen molar-refractivity contribution in [2.45, 2.75) is 13.8 Å². The maximum Gasteiger partial charge on any atom is 0.238 e. The SMILES string of the molecule is CNC(=O)C(C)CN(C)CC(=O)Nc1c(C)cccc1N. The summed E-state index contributed by atoms with van der Waals surface area (Å²) in [5.74, 6) is -0.357. The zero-order chi connectivity index (χ0) is 16.0. The van der Waals surface area contributed by atoms with Gasteiger partial charge in [-0.25, -0.2) is 0 Å². The standard InChI is InChI=1S/C15H24N4O2/c1-10-6-5-7-12(16)14(10)18-13(20)9-19(4)8-11(2)15(21)17-3/h5-7,11H,8-9,16H2,1-4H3,(H,17,21)(H,18,20). The van der Waals surface area contributed by atoms with E-state index < -0.39 is 0 Å². The van der Waals surface area contributed by atoms with Crippen molar-refractivity contribution in [1.29, 1.82) is 0 Å². The van der Waals surface area contributed by atoms with Crippen LogP contribution in [0.4, 0.5) is 11.4 Å². The number of carbonyl (C=O) groups excluding carboxylic acids is 2. The molecule has 0 aliphatic carbocycles. The van der Waals surface area contributed by atoms with E-state index in [0.717, 1.165) is 5.56 Å². The summed E-state index contributed by atoms with van der Waals surface area (Å²) in [6, 6.07) is 5.49. The van der Waals surface area contributed by atoms with Gasteiger partial charge in [-0.3, -0.25) is 14.5 Å². The van der Waals surface area contributed by atoms with Gasteiger partial charge in [0.1, 0.15) is 0 Å². The number of para-hydroxylation sites is 1. The van der Waals surface area contributed by atoms with Gasteiger partial charge in [-0.15, -0.1) is 0 Å². The summed E-state index contributed by atoms with van der Waals surface area (Å²) >= 11 is 0. The number of nitrogens with one attached hydrogen (secondary N) is 2. The number of nitrogen functional groups attached to an aromatic ring is 1. The molecular formula is C15H24N4O2. The second kappa shape index (κ2) is 7.64. The number of anilines is 2. The number of nitrogens with two attached hydrogens (primary N) is 1. The van der Waals surface area contributed by atoms with E-state index in [1.165, 1.54) is 0 Å². The number of hydrogen-bond acceptors (Lipinski definition) is 4. The van der Waals surface area contributed by atoms with Gasteiger partial charge >= 0.3 is 0 Å². The number of benzene rings is 1. The fraction of sp³-hybridized carbons (Fsp3) is 0.467. The van der Waals surface area contributed by atoms with E-state index in [-0.39, 0.29) is 24.3 Å². The van der Waals surface area contributed by atoms with Crippen LogP contribution < -0.4 is 16.4 Å². The maximum atomic E-state index is 12.0. The molecule has 116 valence electrons. The lowest BCUT2D eigenvalue weighted by Gasteiger charge is -2.20. The minimum absolute atomic E-state index is 0.0367. The average Bonchev–Trinajstić information content (AvgIpc) is 2.41. The van der Waals surface area contributed by atoms with Crippen molar-refractivity contribution in [1.82, 2.24) is 10.2 Å². The van der Waals surface area contributed by atoms with Gasteiger partial charge in [0.05, 0.1) is 17.9 Å². The van der Waals surface area contributed by atoms with Crippen molar-refractivity contribution >= 4 is 23.2 Å². The molecule has 0 fully saturated rings. The van der Waals surface area contributed by atoms with E-state index in [2.05, 4.69) is 10.6 Å². The third kappa shape index (κ3) is 5.07. The van der Waals surface area contributed by atoms with Crippen LogP contribution in [-0.4, -0.2) is 43.9 Å². The number of amides is 2. The highest BCUT2D eigenvalue weighted by molar-refractivity contribution is 5.96. The minimum Gasteiger partial charge on any atom is -0.397 e. The van der Waals surface area contributed by atoms with E-state index in [1.807, 2.05) is 30.9 Å². The molecule has 0 saturated heterocycles. The van der Waals surface area contributed by atoms with Crippen LogP contribution >= 0.6 is 0 Å². The molecule has 1 aromatic carbocycles. The Morgan fingerprint density at radius 2 is 2.05 bits per heavy atom. The predicted octanol–water partition coefficient (Wildman–Crippen LogP) is 0.830. The lowest BCUT2D eigenvalue weighted by atomic mass is 10.1. The molecule has 1 atom stereocenters. The first-order chi connectivity index (χ1) is 9.85. The van der Waals surface area contributed by atoms with Crippen molar-refractivity contribution in [2.24, 2.45) is 5.92 Å². The summed E-state index contributed by atoms with van der Waals surface area (Å²) in [7, 11) is 3.41. The van der Waals surface area contributed by atoms with Crippen molar-refractivity contribution < 1.29 is 9.59 Å². The van der Waals surface area contributed by atoms with E-state index in [9.17, 15) is 9.59 Å². The fourth-order valence-corrected chi connectivity index (χ4v) is 2.15. The molecule has 0 aliphatic heterocycles. The Morgan fingerprint density at radius 3 is 2.62 bits per heavy atom. The van der Waals surface area contributed by atoms with Crippen LogP contribution in [0.1, 0.15) is 12.5 Å². The molecule has 0 spiro atoms. The number of hydrogen-bond donors (Lipinski definition) is 3. The van der Waals surface area contributed by atoms with Crippen LogP contribution in [0.2, 0.25) is 0 Å². The summed E-state index contributed by atoms with van der Waals surface area (Å²) < 4.78 is 0. The van der Waals surface area contributed by atoms with Crippen LogP contribution in [0.5, 0.6) is 0 Å². The van der Waals surface area contributed by atoms with Gasteiger partial charge in [-0.05, 0) is 25.6 Å². The molecule has 0 radical (unpaired) electrons. The molecule has 0 saturated carbocycles. The zero-order valence-corrected chi connectivity index (χ0v) is 13.1. The summed E-state index contributed by atoms with van der Waals surface area (Å²) in [4.78, 5) is 25.3. The molecule has 0 bridgehead atoms. The maximum absolute atomic E-state index is 12.0. The van der Waals surface area contributed by atoms with Gasteiger partial charge in [0, 0.05) is 19.5 Å². The zero-order valence-electron chi connectivity index (χ0n) is 13.1.